The molecule has 3 aliphatic rings. The molecule has 0 aromatic rings. The van der Waals surface area contributed by atoms with Gasteiger partial charge in [-0.05, 0) is 38.5 Å². The van der Waals surface area contributed by atoms with Gasteiger partial charge in [0.2, 0.25) is 0 Å². The minimum Gasteiger partial charge on any atom is -0.377 e. The van der Waals surface area contributed by atoms with Gasteiger partial charge in [0, 0.05) is 30.6 Å². The van der Waals surface area contributed by atoms with Gasteiger partial charge in [-0.2, -0.15) is 0 Å². The number of halogens is 1. The Bertz CT molecular complexity index is 216. The third-order valence-electron chi connectivity index (χ3n) is 4.27. The molecule has 15 heavy (non-hydrogen) atoms. The molecule has 3 fully saturated rings. The number of nitrogens with zero attached hydrogens (tertiary/aromatic N) is 1. The highest BCUT2D eigenvalue weighted by Gasteiger charge is 2.41. The summed E-state index contributed by atoms with van der Waals surface area (Å²) >= 11 is 6.27. The molecule has 3 heterocycles. The standard InChI is InChI=1S/C12H20ClNO/c13-9-6-10-3-4-11(7-9)14(10)8-12-2-1-5-15-12/h9-12H,1-8H2. The summed E-state index contributed by atoms with van der Waals surface area (Å²) in [6.45, 7) is 2.14. The fraction of sp³-hybridized carbons (Fsp3) is 1.00. The maximum absolute atomic E-state index is 6.27. The van der Waals surface area contributed by atoms with Crippen molar-refractivity contribution >= 4 is 11.6 Å². The van der Waals surface area contributed by atoms with Gasteiger partial charge >= 0.3 is 0 Å². The zero-order valence-electron chi connectivity index (χ0n) is 9.20. The third kappa shape index (κ3) is 2.04. The average Bonchev–Trinajstić information content (AvgIpc) is 2.77. The van der Waals surface area contributed by atoms with Crippen LogP contribution in [0.25, 0.3) is 0 Å². The molecule has 0 spiro atoms. The van der Waals surface area contributed by atoms with Crippen molar-refractivity contribution in [3.8, 4) is 0 Å². The summed E-state index contributed by atoms with van der Waals surface area (Å²) in [5.41, 5.74) is 0. The Hall–Kier alpha value is 0.210. The van der Waals surface area contributed by atoms with Crippen molar-refractivity contribution in [1.82, 2.24) is 4.90 Å². The van der Waals surface area contributed by atoms with E-state index in [0.717, 1.165) is 18.7 Å². The Kier molecular flexibility index (Phi) is 2.92. The summed E-state index contributed by atoms with van der Waals surface area (Å²) in [5, 5.41) is 0.434. The Morgan fingerprint density at radius 3 is 2.47 bits per heavy atom. The molecular formula is C12H20ClNO. The first-order valence-electron chi connectivity index (χ1n) is 6.34. The van der Waals surface area contributed by atoms with E-state index in [0.29, 0.717) is 11.5 Å². The molecule has 3 rings (SSSR count). The van der Waals surface area contributed by atoms with E-state index in [9.17, 15) is 0 Å². The molecule has 0 saturated carbocycles. The number of hydrogen-bond donors (Lipinski definition) is 0. The first kappa shape index (κ1) is 10.4. The van der Waals surface area contributed by atoms with Gasteiger partial charge in [0.05, 0.1) is 6.10 Å². The molecule has 0 N–H and O–H groups in total. The van der Waals surface area contributed by atoms with Crippen LogP contribution in [0.2, 0.25) is 0 Å². The van der Waals surface area contributed by atoms with Gasteiger partial charge in [-0.25, -0.2) is 0 Å². The van der Waals surface area contributed by atoms with Crippen molar-refractivity contribution in [1.29, 1.82) is 0 Å². The number of fused-ring (bicyclic) bond motifs is 2. The van der Waals surface area contributed by atoms with Crippen molar-refractivity contribution < 1.29 is 4.74 Å². The van der Waals surface area contributed by atoms with Crippen molar-refractivity contribution in [2.75, 3.05) is 13.2 Å². The molecule has 3 atom stereocenters. The second kappa shape index (κ2) is 4.23. The molecule has 0 amide bonds. The molecule has 3 saturated heterocycles. The van der Waals surface area contributed by atoms with Crippen molar-refractivity contribution in [3.05, 3.63) is 0 Å². The summed E-state index contributed by atoms with van der Waals surface area (Å²) in [6, 6.07) is 1.52. The topological polar surface area (TPSA) is 12.5 Å². The van der Waals surface area contributed by atoms with Gasteiger partial charge in [-0.3, -0.25) is 4.90 Å². The molecule has 0 aromatic carbocycles. The van der Waals surface area contributed by atoms with Crippen LogP contribution in [0.1, 0.15) is 38.5 Å². The van der Waals surface area contributed by atoms with Gasteiger partial charge in [-0.1, -0.05) is 0 Å². The predicted molar refractivity (Wildman–Crippen MR) is 61.4 cm³/mol. The summed E-state index contributed by atoms with van der Waals surface area (Å²) in [6.07, 6.45) is 8.16. The lowest BCUT2D eigenvalue weighted by Crippen LogP contribution is -2.46. The lowest BCUT2D eigenvalue weighted by Gasteiger charge is -2.38. The van der Waals surface area contributed by atoms with Crippen molar-refractivity contribution in [3.63, 3.8) is 0 Å². The molecule has 3 heteroatoms. The first-order valence-corrected chi connectivity index (χ1v) is 6.78. The number of alkyl halides is 1. The fourth-order valence-corrected chi connectivity index (χ4v) is 3.94. The number of hydrogen-bond acceptors (Lipinski definition) is 2. The van der Waals surface area contributed by atoms with Crippen molar-refractivity contribution in [2.24, 2.45) is 0 Å². The Morgan fingerprint density at radius 1 is 1.13 bits per heavy atom. The van der Waals surface area contributed by atoms with E-state index in [1.165, 1.54) is 45.1 Å². The van der Waals surface area contributed by atoms with Crippen LogP contribution in [0.3, 0.4) is 0 Å². The van der Waals surface area contributed by atoms with Crippen LogP contribution in [0.15, 0.2) is 0 Å². The van der Waals surface area contributed by atoms with E-state index >= 15 is 0 Å². The maximum atomic E-state index is 6.27. The summed E-state index contributed by atoms with van der Waals surface area (Å²) in [4.78, 5) is 2.69. The SMILES string of the molecule is ClC1CC2CCC(C1)N2CC1CCCO1. The summed E-state index contributed by atoms with van der Waals surface area (Å²) in [5.74, 6) is 0. The van der Waals surface area contributed by atoms with Crippen molar-refractivity contribution in [2.45, 2.75) is 62.1 Å². The number of ether oxygens (including phenoxy) is 1. The van der Waals surface area contributed by atoms with Gasteiger partial charge in [0.25, 0.3) is 0 Å². The highest BCUT2D eigenvalue weighted by molar-refractivity contribution is 6.20. The smallest absolute Gasteiger partial charge is 0.0703 e. The quantitative estimate of drug-likeness (QED) is 0.675. The molecule has 3 aliphatic heterocycles. The second-order valence-corrected chi connectivity index (χ2v) is 5.90. The predicted octanol–water partition coefficient (Wildman–Crippen LogP) is 2.40. The minimum atomic E-state index is 0.434. The van der Waals surface area contributed by atoms with Gasteiger partial charge in [-0.15, -0.1) is 11.6 Å². The highest BCUT2D eigenvalue weighted by atomic mass is 35.5. The van der Waals surface area contributed by atoms with Crippen LogP contribution < -0.4 is 0 Å². The van der Waals surface area contributed by atoms with Gasteiger partial charge in [0.1, 0.15) is 0 Å². The Morgan fingerprint density at radius 2 is 1.87 bits per heavy atom. The Labute approximate surface area is 96.9 Å². The zero-order chi connectivity index (χ0) is 10.3. The van der Waals surface area contributed by atoms with E-state index in [2.05, 4.69) is 4.90 Å². The third-order valence-corrected chi connectivity index (χ3v) is 4.62. The normalized spacial score (nSPS) is 46.2. The lowest BCUT2D eigenvalue weighted by molar-refractivity contribution is 0.0413. The second-order valence-electron chi connectivity index (χ2n) is 5.29. The molecule has 3 unspecified atom stereocenters. The molecule has 0 aromatic heterocycles. The fourth-order valence-electron chi connectivity index (χ4n) is 3.53. The summed E-state index contributed by atoms with van der Waals surface area (Å²) < 4.78 is 5.73. The zero-order valence-corrected chi connectivity index (χ0v) is 9.96. The van der Waals surface area contributed by atoms with Crippen LogP contribution in [-0.2, 0) is 4.74 Å². The van der Waals surface area contributed by atoms with E-state index in [4.69, 9.17) is 16.3 Å². The monoisotopic (exact) mass is 229 g/mol. The number of rotatable bonds is 2. The van der Waals surface area contributed by atoms with E-state index in [-0.39, 0.29) is 0 Å². The van der Waals surface area contributed by atoms with E-state index in [1.54, 1.807) is 0 Å². The molecule has 2 nitrogen and oxygen atoms in total. The average molecular weight is 230 g/mol. The molecular weight excluding hydrogens is 210 g/mol. The minimum absolute atomic E-state index is 0.434. The Balaban J connectivity index is 1.61. The maximum Gasteiger partial charge on any atom is 0.0703 e. The largest absolute Gasteiger partial charge is 0.377 e. The van der Waals surface area contributed by atoms with Gasteiger partial charge in [0.15, 0.2) is 0 Å². The van der Waals surface area contributed by atoms with Crippen LogP contribution in [0, 0.1) is 0 Å². The first-order chi connectivity index (χ1) is 7.33. The summed E-state index contributed by atoms with van der Waals surface area (Å²) in [7, 11) is 0. The molecule has 0 radical (unpaired) electrons. The molecule has 0 aliphatic carbocycles. The number of piperidine rings is 1. The van der Waals surface area contributed by atoms with Gasteiger partial charge < -0.3 is 4.74 Å². The van der Waals surface area contributed by atoms with E-state index < -0.39 is 0 Å². The highest BCUT2D eigenvalue weighted by Crippen LogP contribution is 2.38. The van der Waals surface area contributed by atoms with Crippen LogP contribution in [0.5, 0.6) is 0 Å². The van der Waals surface area contributed by atoms with Crippen LogP contribution in [-0.4, -0.2) is 41.6 Å². The lowest BCUT2D eigenvalue weighted by atomic mass is 10.0. The molecule has 2 bridgehead atoms. The van der Waals surface area contributed by atoms with E-state index in [1.807, 2.05) is 0 Å². The van der Waals surface area contributed by atoms with Crippen LogP contribution >= 0.6 is 11.6 Å². The molecule has 86 valence electrons. The van der Waals surface area contributed by atoms with Crippen LogP contribution in [0.4, 0.5) is 0 Å².